The number of likely N-dealkylation sites (N-methyl/N-ethyl adjacent to an activating group) is 1. The van der Waals surface area contributed by atoms with E-state index in [1.807, 2.05) is 25.1 Å². The molecule has 2 spiro atoms. The molecule has 2 bridgehead atoms. The average Bonchev–Trinajstić information content (AvgIpc) is 3.37. The first-order valence-electron chi connectivity index (χ1n) is 13.2. The van der Waals surface area contributed by atoms with Gasteiger partial charge in [-0.3, -0.25) is 0 Å². The Morgan fingerprint density at radius 3 is 2.78 bits per heavy atom. The lowest BCUT2D eigenvalue weighted by atomic mass is 9.58. The van der Waals surface area contributed by atoms with Crippen LogP contribution in [0.25, 0.3) is 16.3 Å². The summed E-state index contributed by atoms with van der Waals surface area (Å²) in [6.45, 7) is 2.40. The Morgan fingerprint density at radius 1 is 1.14 bits per heavy atom. The summed E-state index contributed by atoms with van der Waals surface area (Å²) in [5.41, 5.74) is 9.94. The van der Waals surface area contributed by atoms with E-state index in [0.29, 0.717) is 18.2 Å². The maximum absolute atomic E-state index is 11.2. The van der Waals surface area contributed by atoms with Crippen molar-refractivity contribution in [2.45, 2.75) is 68.5 Å². The van der Waals surface area contributed by atoms with Crippen LogP contribution in [0.2, 0.25) is 0 Å². The Morgan fingerprint density at radius 2 is 1.97 bits per heavy atom. The molecule has 3 heterocycles. The zero-order valence-corrected chi connectivity index (χ0v) is 21.2. The van der Waals surface area contributed by atoms with Crippen LogP contribution in [0.1, 0.15) is 44.6 Å². The smallest absolute Gasteiger partial charge is 0.131 e. The van der Waals surface area contributed by atoms with Gasteiger partial charge in [-0.1, -0.05) is 37.3 Å². The molecule has 7 unspecified atom stereocenters. The van der Waals surface area contributed by atoms with Crippen LogP contribution in [0.15, 0.2) is 59.8 Å². The quantitative estimate of drug-likeness (QED) is 0.599. The number of aromatic nitrogens is 1. The van der Waals surface area contributed by atoms with Crippen LogP contribution in [-0.4, -0.2) is 63.6 Å². The SMILES string of the molecule is CN(C)C1CC23CCC4(O2)C(=CCC2(C)C(c5ccc6c(N)nccc6c5)=CCC24)C=C3C(O)C1O. The number of hydrogen-bond acceptors (Lipinski definition) is 6. The Bertz CT molecular complexity index is 1380. The first-order chi connectivity index (χ1) is 17.2. The molecule has 188 valence electrons. The molecule has 7 rings (SSSR count). The van der Waals surface area contributed by atoms with Crippen molar-refractivity contribution in [3.63, 3.8) is 0 Å². The molecule has 36 heavy (non-hydrogen) atoms. The average molecular weight is 486 g/mol. The number of benzene rings is 1. The molecule has 0 radical (unpaired) electrons. The third-order valence-corrected chi connectivity index (χ3v) is 10.2. The van der Waals surface area contributed by atoms with Crippen molar-refractivity contribution in [1.29, 1.82) is 0 Å². The van der Waals surface area contributed by atoms with Crippen LogP contribution in [0.3, 0.4) is 0 Å². The predicted octanol–water partition coefficient (Wildman–Crippen LogP) is 3.84. The summed E-state index contributed by atoms with van der Waals surface area (Å²) in [6.07, 6.45) is 11.5. The highest BCUT2D eigenvalue weighted by molar-refractivity contribution is 5.93. The summed E-state index contributed by atoms with van der Waals surface area (Å²) >= 11 is 0. The number of nitrogens with zero attached hydrogens (tertiary/aromatic N) is 2. The van der Waals surface area contributed by atoms with Crippen LogP contribution in [0.4, 0.5) is 5.82 Å². The number of allylic oxidation sites excluding steroid dienone is 3. The summed E-state index contributed by atoms with van der Waals surface area (Å²) < 4.78 is 7.24. The molecular formula is C30H35N3O3. The second-order valence-corrected chi connectivity index (χ2v) is 12.1. The van der Waals surface area contributed by atoms with Crippen molar-refractivity contribution >= 4 is 22.2 Å². The molecule has 6 heteroatoms. The highest BCUT2D eigenvalue weighted by Crippen LogP contribution is 2.67. The Balaban J connectivity index is 1.30. The van der Waals surface area contributed by atoms with Gasteiger partial charge in [0.05, 0.1) is 17.3 Å². The summed E-state index contributed by atoms with van der Waals surface area (Å²) in [6, 6.07) is 8.43. The van der Waals surface area contributed by atoms with E-state index in [1.54, 1.807) is 6.20 Å². The van der Waals surface area contributed by atoms with Gasteiger partial charge in [0.25, 0.3) is 0 Å². The van der Waals surface area contributed by atoms with Crippen LogP contribution < -0.4 is 5.73 Å². The highest BCUT2D eigenvalue weighted by Gasteiger charge is 2.67. The molecule has 1 aromatic heterocycles. The number of aliphatic hydroxyl groups is 2. The predicted molar refractivity (Wildman–Crippen MR) is 141 cm³/mol. The van der Waals surface area contributed by atoms with Gasteiger partial charge in [-0.25, -0.2) is 4.98 Å². The zero-order valence-electron chi connectivity index (χ0n) is 21.2. The standard InChI is InChI=1S/C30H35N3O3/c1-28-10-8-19-15-22-25(34)26(35)23(33(2)3)16-29(22)11-12-30(19,36-29)24(28)7-6-21(28)18-4-5-20-17(14-18)9-13-32-27(20)31/h4-6,8-9,13-15,23-26,34-35H,7,10-12,16H2,1-3H3,(H2,31,32). The largest absolute Gasteiger partial charge is 0.388 e. The molecule has 1 aromatic carbocycles. The van der Waals surface area contributed by atoms with E-state index in [9.17, 15) is 10.2 Å². The Hall–Kier alpha value is -2.51. The van der Waals surface area contributed by atoms with Gasteiger partial charge in [0.1, 0.15) is 11.9 Å². The normalized spacial score (nSPS) is 40.9. The second kappa shape index (κ2) is 7.29. The maximum atomic E-state index is 11.2. The summed E-state index contributed by atoms with van der Waals surface area (Å²) in [4.78, 5) is 6.27. The van der Waals surface area contributed by atoms with Crippen LogP contribution >= 0.6 is 0 Å². The molecular weight excluding hydrogens is 450 g/mol. The Labute approximate surface area is 212 Å². The third kappa shape index (κ3) is 2.73. The van der Waals surface area contributed by atoms with E-state index >= 15 is 0 Å². The molecule has 6 nitrogen and oxygen atoms in total. The highest BCUT2D eigenvalue weighted by atomic mass is 16.5. The van der Waals surface area contributed by atoms with Gasteiger partial charge in [0.15, 0.2) is 0 Å². The van der Waals surface area contributed by atoms with Crippen LogP contribution in [-0.2, 0) is 4.74 Å². The van der Waals surface area contributed by atoms with Gasteiger partial charge in [-0.2, -0.15) is 0 Å². The van der Waals surface area contributed by atoms with E-state index in [4.69, 9.17) is 10.5 Å². The van der Waals surface area contributed by atoms with Gasteiger partial charge in [0.2, 0.25) is 0 Å². The first-order valence-corrected chi connectivity index (χ1v) is 13.2. The van der Waals surface area contributed by atoms with E-state index in [1.165, 1.54) is 16.7 Å². The number of fused-ring (bicyclic) bond motifs is 2. The minimum atomic E-state index is -0.895. The molecule has 4 N–H and O–H groups in total. The first kappa shape index (κ1) is 22.7. The van der Waals surface area contributed by atoms with Gasteiger partial charge in [-0.15, -0.1) is 0 Å². The lowest BCUT2D eigenvalue weighted by Gasteiger charge is -2.55. The molecule has 0 amide bonds. The van der Waals surface area contributed by atoms with Crippen LogP contribution in [0, 0.1) is 11.3 Å². The molecule has 2 fully saturated rings. The van der Waals surface area contributed by atoms with E-state index < -0.39 is 17.8 Å². The zero-order chi connectivity index (χ0) is 25.0. The van der Waals surface area contributed by atoms with Crippen molar-refractivity contribution < 1.29 is 14.9 Å². The van der Waals surface area contributed by atoms with Crippen LogP contribution in [0.5, 0.6) is 0 Å². The van der Waals surface area contributed by atoms with Crippen molar-refractivity contribution in [1.82, 2.24) is 9.88 Å². The number of pyridine rings is 1. The van der Waals surface area contributed by atoms with Crippen molar-refractivity contribution in [3.05, 3.63) is 65.4 Å². The number of nitrogens with two attached hydrogens (primary N) is 1. The summed E-state index contributed by atoms with van der Waals surface area (Å²) in [5, 5.41) is 24.1. The fourth-order valence-corrected chi connectivity index (χ4v) is 8.31. The Kier molecular flexibility index (Phi) is 4.59. The van der Waals surface area contributed by atoms with E-state index in [-0.39, 0.29) is 17.1 Å². The van der Waals surface area contributed by atoms with Crippen molar-refractivity contribution in [2.75, 3.05) is 19.8 Å². The maximum Gasteiger partial charge on any atom is 0.131 e. The lowest BCUT2D eigenvalue weighted by molar-refractivity contribution is -0.161. The number of hydrogen-bond donors (Lipinski definition) is 3. The third-order valence-electron chi connectivity index (χ3n) is 10.2. The van der Waals surface area contributed by atoms with Gasteiger partial charge in [-0.05, 0) is 86.0 Å². The molecule has 2 aliphatic heterocycles. The summed E-state index contributed by atoms with van der Waals surface area (Å²) in [5.74, 6) is 0.898. The van der Waals surface area contributed by atoms with Crippen molar-refractivity contribution in [3.8, 4) is 0 Å². The lowest BCUT2D eigenvalue weighted by Crippen LogP contribution is -2.61. The molecule has 2 aromatic rings. The van der Waals surface area contributed by atoms with Crippen molar-refractivity contribution in [2.24, 2.45) is 11.3 Å². The van der Waals surface area contributed by atoms with E-state index in [0.717, 1.165) is 42.0 Å². The minimum Gasteiger partial charge on any atom is -0.388 e. The number of nitrogen functional groups attached to an aromatic ring is 1. The molecule has 3 aliphatic carbocycles. The molecule has 1 saturated heterocycles. The number of rotatable bonds is 2. The molecule has 5 aliphatic rings. The number of aliphatic hydroxyl groups excluding tert-OH is 2. The van der Waals surface area contributed by atoms with E-state index in [2.05, 4.69) is 48.3 Å². The summed E-state index contributed by atoms with van der Waals surface area (Å²) in [7, 11) is 3.95. The second-order valence-electron chi connectivity index (χ2n) is 12.1. The number of ether oxygens (including phenoxy) is 1. The fraction of sp³-hybridized carbons (Fsp3) is 0.500. The molecule has 1 saturated carbocycles. The monoisotopic (exact) mass is 485 g/mol. The molecule has 7 atom stereocenters. The van der Waals surface area contributed by atoms with Gasteiger partial charge >= 0.3 is 0 Å². The minimum absolute atomic E-state index is 0.0413. The number of anilines is 1. The topological polar surface area (TPSA) is 91.8 Å². The van der Waals surface area contributed by atoms with Gasteiger partial charge < -0.3 is 25.6 Å². The fourth-order valence-electron chi connectivity index (χ4n) is 8.31. The van der Waals surface area contributed by atoms with Gasteiger partial charge in [0, 0.05) is 29.0 Å².